The minimum atomic E-state index is -0.206. The molecule has 5 heteroatoms. The summed E-state index contributed by atoms with van der Waals surface area (Å²) in [6, 6.07) is 8.90. The molecule has 0 saturated carbocycles. The van der Waals surface area contributed by atoms with Gasteiger partial charge in [-0.2, -0.15) is 0 Å². The van der Waals surface area contributed by atoms with Crippen molar-refractivity contribution < 1.29 is 14.3 Å². The highest BCUT2D eigenvalue weighted by molar-refractivity contribution is 6.12. The molecule has 0 fully saturated rings. The number of nitrogens with zero attached hydrogens (tertiary/aromatic N) is 1. The van der Waals surface area contributed by atoms with E-state index in [2.05, 4.69) is 10.3 Å². The lowest BCUT2D eigenvalue weighted by molar-refractivity contribution is 0.102. The van der Waals surface area contributed by atoms with Crippen LogP contribution in [-0.4, -0.2) is 31.0 Å². The van der Waals surface area contributed by atoms with Crippen molar-refractivity contribution in [1.82, 2.24) is 4.98 Å². The van der Waals surface area contributed by atoms with Gasteiger partial charge in [-0.1, -0.05) is 6.07 Å². The summed E-state index contributed by atoms with van der Waals surface area (Å²) in [5.41, 5.74) is 1.61. The second-order valence-corrected chi connectivity index (χ2v) is 4.34. The summed E-state index contributed by atoms with van der Waals surface area (Å²) in [5.74, 6) is 0.832. The molecule has 2 heterocycles. The summed E-state index contributed by atoms with van der Waals surface area (Å²) < 4.78 is 10.8. The number of hydrogen-bond acceptors (Lipinski definition) is 5. The first-order valence-electron chi connectivity index (χ1n) is 6.34. The number of carbonyl (C=O) groups is 1. The van der Waals surface area contributed by atoms with Gasteiger partial charge in [0.05, 0.1) is 18.4 Å². The van der Waals surface area contributed by atoms with Crippen LogP contribution in [-0.2, 0) is 0 Å². The molecule has 0 spiro atoms. The van der Waals surface area contributed by atoms with Crippen molar-refractivity contribution in [2.24, 2.45) is 0 Å². The summed E-state index contributed by atoms with van der Waals surface area (Å²) in [6.07, 6.45) is 1.57. The highest BCUT2D eigenvalue weighted by Gasteiger charge is 2.23. The number of fused-ring (bicyclic) bond motifs is 1. The Morgan fingerprint density at radius 2 is 2.25 bits per heavy atom. The molecule has 102 valence electrons. The molecule has 0 amide bonds. The number of nitrogens with one attached hydrogen (secondary N) is 1. The maximum absolute atomic E-state index is 12.6. The minimum Gasteiger partial charge on any atom is -0.494 e. The molecular formula is C15H14N2O3. The molecule has 0 atom stereocenters. The van der Waals surface area contributed by atoms with E-state index in [4.69, 9.17) is 9.47 Å². The molecule has 0 saturated heterocycles. The van der Waals surface area contributed by atoms with Crippen molar-refractivity contribution in [1.29, 1.82) is 0 Å². The molecule has 1 aromatic carbocycles. The SMILES string of the molecule is COc1cccnc1C(=O)c1cccc2c1OCCN2. The average molecular weight is 270 g/mol. The topological polar surface area (TPSA) is 60.5 Å². The van der Waals surface area contributed by atoms with Gasteiger partial charge in [0.2, 0.25) is 5.78 Å². The number of carbonyl (C=O) groups excluding carboxylic acids is 1. The lowest BCUT2D eigenvalue weighted by atomic mass is 10.0. The van der Waals surface area contributed by atoms with Gasteiger partial charge in [-0.25, -0.2) is 4.98 Å². The molecule has 0 radical (unpaired) electrons. The fraction of sp³-hybridized carbons (Fsp3) is 0.200. The van der Waals surface area contributed by atoms with Crippen LogP contribution < -0.4 is 14.8 Å². The van der Waals surface area contributed by atoms with Gasteiger partial charge in [0.25, 0.3) is 0 Å². The van der Waals surface area contributed by atoms with Crippen LogP contribution in [0.2, 0.25) is 0 Å². The van der Waals surface area contributed by atoms with Gasteiger partial charge in [-0.05, 0) is 24.3 Å². The number of ether oxygens (including phenoxy) is 2. The Balaban J connectivity index is 2.07. The predicted molar refractivity (Wildman–Crippen MR) is 74.6 cm³/mol. The van der Waals surface area contributed by atoms with Gasteiger partial charge in [0.15, 0.2) is 11.4 Å². The second kappa shape index (κ2) is 5.21. The van der Waals surface area contributed by atoms with Gasteiger partial charge in [0.1, 0.15) is 12.4 Å². The Morgan fingerprint density at radius 3 is 3.10 bits per heavy atom. The molecule has 2 aromatic rings. The van der Waals surface area contributed by atoms with E-state index in [9.17, 15) is 4.79 Å². The summed E-state index contributed by atoms with van der Waals surface area (Å²) in [6.45, 7) is 1.27. The lowest BCUT2D eigenvalue weighted by Gasteiger charge is -2.21. The lowest BCUT2D eigenvalue weighted by Crippen LogP contribution is -2.20. The van der Waals surface area contributed by atoms with Crippen LogP contribution in [0, 0.1) is 0 Å². The fourth-order valence-corrected chi connectivity index (χ4v) is 2.20. The molecule has 1 aromatic heterocycles. The zero-order valence-corrected chi connectivity index (χ0v) is 11.1. The minimum absolute atomic E-state index is 0.206. The van der Waals surface area contributed by atoms with E-state index in [0.717, 1.165) is 12.2 Å². The molecule has 0 aliphatic carbocycles. The third-order valence-electron chi connectivity index (χ3n) is 3.13. The van der Waals surface area contributed by atoms with Gasteiger partial charge >= 0.3 is 0 Å². The summed E-state index contributed by atoms with van der Waals surface area (Å²) >= 11 is 0. The number of benzene rings is 1. The monoisotopic (exact) mass is 270 g/mol. The Hall–Kier alpha value is -2.56. The fourth-order valence-electron chi connectivity index (χ4n) is 2.20. The Morgan fingerprint density at radius 1 is 1.35 bits per heavy atom. The van der Waals surface area contributed by atoms with Crippen LogP contribution in [0.4, 0.5) is 5.69 Å². The van der Waals surface area contributed by atoms with Gasteiger partial charge in [-0.15, -0.1) is 0 Å². The summed E-state index contributed by atoms with van der Waals surface area (Å²) in [5, 5.41) is 3.21. The van der Waals surface area contributed by atoms with Crippen LogP contribution in [0.3, 0.4) is 0 Å². The molecule has 0 bridgehead atoms. The van der Waals surface area contributed by atoms with E-state index in [0.29, 0.717) is 23.7 Å². The highest BCUT2D eigenvalue weighted by atomic mass is 16.5. The third kappa shape index (κ3) is 2.07. The highest BCUT2D eigenvalue weighted by Crippen LogP contribution is 2.33. The zero-order chi connectivity index (χ0) is 13.9. The van der Waals surface area contributed by atoms with Crippen molar-refractivity contribution in [2.75, 3.05) is 25.6 Å². The first-order chi connectivity index (χ1) is 9.81. The number of hydrogen-bond donors (Lipinski definition) is 1. The van der Waals surface area contributed by atoms with E-state index in [1.54, 1.807) is 24.4 Å². The largest absolute Gasteiger partial charge is 0.494 e. The zero-order valence-electron chi connectivity index (χ0n) is 11.1. The van der Waals surface area contributed by atoms with Gasteiger partial charge in [0, 0.05) is 12.7 Å². The van der Waals surface area contributed by atoms with E-state index in [1.165, 1.54) is 7.11 Å². The van der Waals surface area contributed by atoms with Crippen molar-refractivity contribution in [3.63, 3.8) is 0 Å². The Bertz CT molecular complexity index is 655. The van der Waals surface area contributed by atoms with Crippen molar-refractivity contribution in [3.05, 3.63) is 47.8 Å². The number of ketones is 1. The van der Waals surface area contributed by atoms with Gasteiger partial charge < -0.3 is 14.8 Å². The van der Waals surface area contributed by atoms with Crippen molar-refractivity contribution >= 4 is 11.5 Å². The van der Waals surface area contributed by atoms with E-state index in [-0.39, 0.29) is 11.5 Å². The number of rotatable bonds is 3. The van der Waals surface area contributed by atoms with Gasteiger partial charge in [-0.3, -0.25) is 4.79 Å². The van der Waals surface area contributed by atoms with Crippen LogP contribution in [0.15, 0.2) is 36.5 Å². The van der Waals surface area contributed by atoms with Crippen molar-refractivity contribution in [3.8, 4) is 11.5 Å². The Labute approximate surface area is 116 Å². The number of aromatic nitrogens is 1. The second-order valence-electron chi connectivity index (χ2n) is 4.34. The number of methoxy groups -OCH3 is 1. The smallest absolute Gasteiger partial charge is 0.218 e. The molecular weight excluding hydrogens is 256 g/mol. The summed E-state index contributed by atoms with van der Waals surface area (Å²) in [4.78, 5) is 16.8. The standard InChI is InChI=1S/C15H14N2O3/c1-19-12-6-3-7-17-13(12)14(18)10-4-2-5-11-15(10)20-9-8-16-11/h2-7,16H,8-9H2,1H3. The number of anilines is 1. The predicted octanol–water partition coefficient (Wildman–Crippen LogP) is 2.13. The van der Waals surface area contributed by atoms with E-state index >= 15 is 0 Å². The molecule has 20 heavy (non-hydrogen) atoms. The quantitative estimate of drug-likeness (QED) is 0.866. The molecule has 0 unspecified atom stereocenters. The maximum Gasteiger partial charge on any atom is 0.218 e. The van der Waals surface area contributed by atoms with Crippen LogP contribution in [0.25, 0.3) is 0 Å². The number of pyridine rings is 1. The van der Waals surface area contributed by atoms with Crippen molar-refractivity contribution in [2.45, 2.75) is 0 Å². The van der Waals surface area contributed by atoms with Crippen LogP contribution in [0.1, 0.15) is 16.1 Å². The molecule has 3 rings (SSSR count). The molecule has 1 N–H and O–H groups in total. The van der Waals surface area contributed by atoms with E-state index in [1.807, 2.05) is 12.1 Å². The normalized spacial score (nSPS) is 12.8. The first kappa shape index (κ1) is 12.5. The van der Waals surface area contributed by atoms with E-state index < -0.39 is 0 Å². The molecule has 1 aliphatic heterocycles. The third-order valence-corrected chi connectivity index (χ3v) is 3.13. The molecule has 1 aliphatic rings. The maximum atomic E-state index is 12.6. The van der Waals surface area contributed by atoms with Crippen LogP contribution in [0.5, 0.6) is 11.5 Å². The van der Waals surface area contributed by atoms with Crippen LogP contribution >= 0.6 is 0 Å². The average Bonchev–Trinajstić information content (AvgIpc) is 2.53. The Kier molecular flexibility index (Phi) is 3.25. The molecule has 5 nitrogen and oxygen atoms in total. The summed E-state index contributed by atoms with van der Waals surface area (Å²) in [7, 11) is 1.52. The first-order valence-corrected chi connectivity index (χ1v) is 6.34. The number of para-hydroxylation sites is 1.